The fourth-order valence-electron chi connectivity index (χ4n) is 4.45. The number of phenols is 1. The second-order valence-corrected chi connectivity index (χ2v) is 8.95. The van der Waals surface area contributed by atoms with E-state index >= 15 is 0 Å². The zero-order valence-electron chi connectivity index (χ0n) is 19.0. The highest BCUT2D eigenvalue weighted by Gasteiger charge is 2.30. The molecule has 2 amide bonds. The summed E-state index contributed by atoms with van der Waals surface area (Å²) in [5.74, 6) is -0.813. The highest BCUT2D eigenvalue weighted by atomic mass is 16.5. The Morgan fingerprint density at radius 3 is 2.39 bits per heavy atom. The number of piperidine rings is 2. The van der Waals surface area contributed by atoms with Crippen LogP contribution in [-0.4, -0.2) is 77.8 Å². The Bertz CT molecular complexity index is 786. The van der Waals surface area contributed by atoms with Crippen molar-refractivity contribution in [2.45, 2.75) is 57.1 Å². The summed E-state index contributed by atoms with van der Waals surface area (Å²) in [6.45, 7) is 2.77. The molecule has 2 aliphatic heterocycles. The number of ether oxygens (including phenoxy) is 1. The molecule has 2 fully saturated rings. The Morgan fingerprint density at radius 2 is 1.76 bits per heavy atom. The van der Waals surface area contributed by atoms with E-state index in [-0.39, 0.29) is 36.7 Å². The Kier molecular flexibility index (Phi) is 9.50. The number of hydrogen-bond donors (Lipinski definition) is 4. The highest BCUT2D eigenvalue weighted by molar-refractivity contribution is 5.88. The Labute approximate surface area is 194 Å². The molecule has 9 nitrogen and oxygen atoms in total. The molecule has 4 N–H and O–H groups in total. The second-order valence-electron chi connectivity index (χ2n) is 8.95. The SMILES string of the molecule is O=C(O)CCC1CCN(C(=O)[C@H](Cc2ccc(O)cc2)NC(=O)COC2CCNCC2)CC1. The van der Waals surface area contributed by atoms with Crippen LogP contribution in [0.3, 0.4) is 0 Å². The Morgan fingerprint density at radius 1 is 1.09 bits per heavy atom. The summed E-state index contributed by atoms with van der Waals surface area (Å²) < 4.78 is 5.74. The van der Waals surface area contributed by atoms with Crippen molar-refractivity contribution < 1.29 is 29.3 Å². The van der Waals surface area contributed by atoms with Crippen molar-refractivity contribution in [1.29, 1.82) is 0 Å². The zero-order valence-corrected chi connectivity index (χ0v) is 19.0. The first kappa shape index (κ1) is 25.0. The number of carbonyl (C=O) groups excluding carboxylic acids is 2. The average Bonchev–Trinajstić information content (AvgIpc) is 2.83. The molecule has 1 aromatic carbocycles. The summed E-state index contributed by atoms with van der Waals surface area (Å²) in [4.78, 5) is 38.5. The van der Waals surface area contributed by atoms with Gasteiger partial charge < -0.3 is 30.5 Å². The molecule has 9 heteroatoms. The van der Waals surface area contributed by atoms with Gasteiger partial charge in [-0.3, -0.25) is 14.4 Å². The predicted molar refractivity (Wildman–Crippen MR) is 122 cm³/mol. The van der Waals surface area contributed by atoms with Gasteiger partial charge in [0.05, 0.1) is 6.10 Å². The molecule has 1 atom stereocenters. The normalized spacial score (nSPS) is 18.6. The maximum Gasteiger partial charge on any atom is 0.303 e. The summed E-state index contributed by atoms with van der Waals surface area (Å²) in [5.41, 5.74) is 0.835. The maximum atomic E-state index is 13.3. The van der Waals surface area contributed by atoms with Crippen molar-refractivity contribution in [2.24, 2.45) is 5.92 Å². The zero-order chi connectivity index (χ0) is 23.6. The fourth-order valence-corrected chi connectivity index (χ4v) is 4.45. The third kappa shape index (κ3) is 8.33. The lowest BCUT2D eigenvalue weighted by atomic mass is 9.91. The number of amides is 2. The lowest BCUT2D eigenvalue weighted by Crippen LogP contribution is -2.52. The second kappa shape index (κ2) is 12.6. The van der Waals surface area contributed by atoms with Crippen LogP contribution in [0.4, 0.5) is 0 Å². The van der Waals surface area contributed by atoms with Crippen molar-refractivity contribution in [2.75, 3.05) is 32.8 Å². The van der Waals surface area contributed by atoms with Gasteiger partial charge in [-0.15, -0.1) is 0 Å². The molecule has 1 aromatic rings. The van der Waals surface area contributed by atoms with E-state index in [4.69, 9.17) is 9.84 Å². The Hall–Kier alpha value is -2.65. The summed E-state index contributed by atoms with van der Waals surface area (Å²) in [5, 5.41) is 24.5. The van der Waals surface area contributed by atoms with Gasteiger partial charge in [0.25, 0.3) is 0 Å². The monoisotopic (exact) mass is 461 g/mol. The van der Waals surface area contributed by atoms with E-state index in [0.29, 0.717) is 31.8 Å². The molecule has 0 saturated carbocycles. The number of phenolic OH excluding ortho intramolecular Hbond substituents is 1. The van der Waals surface area contributed by atoms with Crippen LogP contribution in [0, 0.1) is 5.92 Å². The molecule has 0 radical (unpaired) electrons. The van der Waals surface area contributed by atoms with Crippen molar-refractivity contribution in [3.63, 3.8) is 0 Å². The topological polar surface area (TPSA) is 128 Å². The summed E-state index contributed by atoms with van der Waals surface area (Å²) in [6, 6.07) is 5.88. The van der Waals surface area contributed by atoms with Gasteiger partial charge in [0, 0.05) is 25.9 Å². The van der Waals surface area contributed by atoms with E-state index in [1.807, 2.05) is 0 Å². The number of rotatable bonds is 10. The minimum Gasteiger partial charge on any atom is -0.508 e. The molecule has 0 aromatic heterocycles. The first-order valence-electron chi connectivity index (χ1n) is 11.8. The van der Waals surface area contributed by atoms with Crippen molar-refractivity contribution >= 4 is 17.8 Å². The molecule has 182 valence electrons. The number of nitrogens with zero attached hydrogens (tertiary/aromatic N) is 1. The van der Waals surface area contributed by atoms with Gasteiger partial charge in [-0.05, 0) is 68.8 Å². The van der Waals surface area contributed by atoms with Crippen LogP contribution in [0.5, 0.6) is 5.75 Å². The van der Waals surface area contributed by atoms with Gasteiger partial charge in [0.2, 0.25) is 11.8 Å². The third-order valence-electron chi connectivity index (χ3n) is 6.44. The van der Waals surface area contributed by atoms with Gasteiger partial charge >= 0.3 is 5.97 Å². The summed E-state index contributed by atoms with van der Waals surface area (Å²) >= 11 is 0. The van der Waals surface area contributed by atoms with E-state index in [0.717, 1.165) is 44.3 Å². The lowest BCUT2D eigenvalue weighted by molar-refractivity contribution is -0.140. The lowest BCUT2D eigenvalue weighted by Gasteiger charge is -2.34. The van der Waals surface area contributed by atoms with E-state index in [2.05, 4.69) is 10.6 Å². The van der Waals surface area contributed by atoms with E-state index in [1.165, 1.54) is 0 Å². The number of nitrogens with one attached hydrogen (secondary N) is 2. The number of carboxylic acids is 1. The molecule has 0 spiro atoms. The fraction of sp³-hybridized carbons (Fsp3) is 0.625. The average molecular weight is 462 g/mol. The molecule has 2 heterocycles. The number of aromatic hydroxyl groups is 1. The number of likely N-dealkylation sites (tertiary alicyclic amines) is 1. The largest absolute Gasteiger partial charge is 0.508 e. The Balaban J connectivity index is 1.57. The third-order valence-corrected chi connectivity index (χ3v) is 6.44. The number of carboxylic acid groups (broad SMARTS) is 1. The van der Waals surface area contributed by atoms with Gasteiger partial charge in [-0.25, -0.2) is 0 Å². The van der Waals surface area contributed by atoms with Crippen LogP contribution in [0.1, 0.15) is 44.1 Å². The van der Waals surface area contributed by atoms with Crippen molar-refractivity contribution in [3.8, 4) is 5.75 Å². The van der Waals surface area contributed by atoms with Gasteiger partial charge in [0.15, 0.2) is 0 Å². The highest BCUT2D eigenvalue weighted by Crippen LogP contribution is 2.23. The summed E-state index contributed by atoms with van der Waals surface area (Å²) in [7, 11) is 0. The van der Waals surface area contributed by atoms with Crippen LogP contribution in [0.25, 0.3) is 0 Å². The standard InChI is InChI=1S/C24H35N3O6/c28-19-4-1-18(2-5-19)15-21(26-22(29)16-33-20-7-11-25-12-8-20)24(32)27-13-9-17(10-14-27)3-6-23(30)31/h1-2,4-5,17,20-21,25,28H,3,6-16H2,(H,26,29)(H,30,31)/t21-/m0/s1. The van der Waals surface area contributed by atoms with E-state index in [1.54, 1.807) is 29.2 Å². The van der Waals surface area contributed by atoms with E-state index < -0.39 is 12.0 Å². The number of benzene rings is 1. The van der Waals surface area contributed by atoms with Crippen LogP contribution in [0.15, 0.2) is 24.3 Å². The molecule has 3 rings (SSSR count). The number of carbonyl (C=O) groups is 3. The van der Waals surface area contributed by atoms with Crippen LogP contribution < -0.4 is 10.6 Å². The van der Waals surface area contributed by atoms with Crippen LogP contribution >= 0.6 is 0 Å². The van der Waals surface area contributed by atoms with Crippen LogP contribution in [-0.2, 0) is 25.5 Å². The minimum absolute atomic E-state index is 0.0491. The molecule has 2 saturated heterocycles. The smallest absolute Gasteiger partial charge is 0.303 e. The first-order valence-corrected chi connectivity index (χ1v) is 11.8. The number of hydrogen-bond acceptors (Lipinski definition) is 6. The molecule has 0 unspecified atom stereocenters. The van der Waals surface area contributed by atoms with E-state index in [9.17, 15) is 19.5 Å². The van der Waals surface area contributed by atoms with Gasteiger partial charge in [-0.1, -0.05) is 12.1 Å². The molecule has 0 bridgehead atoms. The summed E-state index contributed by atoms with van der Waals surface area (Å²) in [6.07, 6.45) is 4.38. The quantitative estimate of drug-likeness (QED) is 0.413. The van der Waals surface area contributed by atoms with Crippen molar-refractivity contribution in [3.05, 3.63) is 29.8 Å². The van der Waals surface area contributed by atoms with Crippen molar-refractivity contribution in [1.82, 2.24) is 15.5 Å². The maximum absolute atomic E-state index is 13.3. The van der Waals surface area contributed by atoms with Gasteiger partial charge in [-0.2, -0.15) is 0 Å². The first-order chi connectivity index (χ1) is 15.9. The molecular formula is C24H35N3O6. The molecule has 33 heavy (non-hydrogen) atoms. The minimum atomic E-state index is -0.795. The molecule has 2 aliphatic rings. The molecule has 0 aliphatic carbocycles. The van der Waals surface area contributed by atoms with Crippen LogP contribution in [0.2, 0.25) is 0 Å². The van der Waals surface area contributed by atoms with Gasteiger partial charge in [0.1, 0.15) is 18.4 Å². The predicted octanol–water partition coefficient (Wildman–Crippen LogP) is 1.29. The number of aliphatic carboxylic acids is 1. The molecular weight excluding hydrogens is 426 g/mol.